The fraction of sp³-hybridized carbons (Fsp3) is 0.333. The Labute approximate surface area is 77.8 Å². The summed E-state index contributed by atoms with van der Waals surface area (Å²) in [5, 5.41) is 15.8. The van der Waals surface area contributed by atoms with E-state index in [-0.39, 0.29) is 5.82 Å². The Balaban J connectivity index is 2.80. The molecular formula is C6H8BrN3O2. The predicted molar refractivity (Wildman–Crippen MR) is 48.1 cm³/mol. The van der Waals surface area contributed by atoms with Gasteiger partial charge in [0.1, 0.15) is 0 Å². The first-order chi connectivity index (χ1) is 5.57. The lowest BCUT2D eigenvalue weighted by atomic mass is 10.3. The molecule has 1 atom stereocenters. The van der Waals surface area contributed by atoms with Gasteiger partial charge < -0.3 is 10.1 Å². The topological polar surface area (TPSA) is 67.2 Å². The molecule has 1 rings (SSSR count). The second-order valence-electron chi connectivity index (χ2n) is 2.25. The molecule has 0 aromatic rings. The van der Waals surface area contributed by atoms with Gasteiger partial charge in [0.05, 0.1) is 0 Å². The molecule has 1 aliphatic rings. The van der Waals surface area contributed by atoms with Gasteiger partial charge >= 0.3 is 5.82 Å². The fourth-order valence-electron chi connectivity index (χ4n) is 0.794. The van der Waals surface area contributed by atoms with Crippen LogP contribution in [0, 0.1) is 10.1 Å². The normalized spacial score (nSPS) is 27.7. The molecule has 0 aliphatic carbocycles. The highest BCUT2D eigenvalue weighted by atomic mass is 79.9. The Hall–Kier alpha value is -0.880. The van der Waals surface area contributed by atoms with Crippen LogP contribution in [0.2, 0.25) is 0 Å². The van der Waals surface area contributed by atoms with Crippen molar-refractivity contribution in [1.82, 2.24) is 10.6 Å². The van der Waals surface area contributed by atoms with Gasteiger partial charge in [-0.15, -0.1) is 0 Å². The molecule has 0 aromatic carbocycles. The average molecular weight is 234 g/mol. The minimum Gasteiger partial charge on any atom is -0.358 e. The predicted octanol–water partition coefficient (Wildman–Crippen LogP) is 0.532. The minimum absolute atomic E-state index is 0.0382. The molecule has 0 saturated heterocycles. The van der Waals surface area contributed by atoms with Crippen LogP contribution in [0.15, 0.2) is 24.0 Å². The first-order valence-corrected chi connectivity index (χ1v) is 4.06. The summed E-state index contributed by atoms with van der Waals surface area (Å²) < 4.78 is -0.704. The zero-order valence-corrected chi connectivity index (χ0v) is 7.96. The van der Waals surface area contributed by atoms with Gasteiger partial charge in [0.25, 0.3) is 0 Å². The Kier molecular flexibility index (Phi) is 2.49. The Morgan fingerprint density at radius 3 is 3.00 bits per heavy atom. The highest BCUT2D eigenvalue weighted by molar-refractivity contribution is 9.10. The maximum atomic E-state index is 10.4. The van der Waals surface area contributed by atoms with E-state index in [1.165, 1.54) is 6.08 Å². The van der Waals surface area contributed by atoms with E-state index in [4.69, 9.17) is 0 Å². The Morgan fingerprint density at radius 1 is 1.83 bits per heavy atom. The molecule has 5 nitrogen and oxygen atoms in total. The highest BCUT2D eigenvalue weighted by Gasteiger charge is 2.30. The molecule has 1 aliphatic heterocycles. The summed E-state index contributed by atoms with van der Waals surface area (Å²) in [6.07, 6.45) is 4.75. The number of likely N-dealkylation sites (N-methyl/N-ethyl adjacent to an activating group) is 1. The summed E-state index contributed by atoms with van der Waals surface area (Å²) >= 11 is 3.25. The number of allylic oxidation sites excluding steroid dienone is 2. The third-order valence-corrected chi connectivity index (χ3v) is 2.31. The summed E-state index contributed by atoms with van der Waals surface area (Å²) in [5.41, 5.74) is 0. The third kappa shape index (κ3) is 1.83. The summed E-state index contributed by atoms with van der Waals surface area (Å²) in [5.74, 6) is -0.0382. The Bertz CT molecular complexity index is 264. The second kappa shape index (κ2) is 3.24. The van der Waals surface area contributed by atoms with E-state index in [9.17, 15) is 10.1 Å². The van der Waals surface area contributed by atoms with Gasteiger partial charge in [-0.25, -0.2) is 5.32 Å². The molecule has 0 saturated carbocycles. The zero-order chi connectivity index (χ0) is 9.19. The van der Waals surface area contributed by atoms with E-state index < -0.39 is 9.50 Å². The van der Waals surface area contributed by atoms with E-state index in [0.717, 1.165) is 0 Å². The summed E-state index contributed by atoms with van der Waals surface area (Å²) in [6.45, 7) is 0. The number of hydrogen-bond donors (Lipinski definition) is 2. The van der Waals surface area contributed by atoms with Crippen LogP contribution < -0.4 is 10.6 Å². The van der Waals surface area contributed by atoms with Gasteiger partial charge in [0.15, 0.2) is 0 Å². The zero-order valence-electron chi connectivity index (χ0n) is 6.37. The summed E-state index contributed by atoms with van der Waals surface area (Å²) in [7, 11) is 1.69. The standard InChI is InChI=1S/C6H8BrN3O2/c1-8-6(7)4-2-3-5(9-6)10(11)12/h2-4,8-9H,1H3. The molecule has 1 unspecified atom stereocenters. The van der Waals surface area contributed by atoms with E-state index in [2.05, 4.69) is 26.6 Å². The van der Waals surface area contributed by atoms with Gasteiger partial charge in [0.2, 0.25) is 4.57 Å². The largest absolute Gasteiger partial charge is 0.358 e. The molecule has 0 aromatic heterocycles. The van der Waals surface area contributed by atoms with E-state index in [1.54, 1.807) is 19.2 Å². The number of dihydropyridines is 1. The lowest BCUT2D eigenvalue weighted by Crippen LogP contribution is -2.50. The minimum atomic E-state index is -0.704. The number of hydrogen-bond acceptors (Lipinski definition) is 4. The second-order valence-corrected chi connectivity index (χ2v) is 3.51. The number of halogens is 1. The maximum absolute atomic E-state index is 10.4. The van der Waals surface area contributed by atoms with Crippen LogP contribution >= 0.6 is 15.9 Å². The Morgan fingerprint density at radius 2 is 2.50 bits per heavy atom. The van der Waals surface area contributed by atoms with Crippen molar-refractivity contribution in [3.63, 3.8) is 0 Å². The SMILES string of the molecule is CNC1(Br)C=CC=C([N+](=O)[O-])N1. The molecule has 0 spiro atoms. The lowest BCUT2D eigenvalue weighted by molar-refractivity contribution is -0.433. The van der Waals surface area contributed by atoms with Crippen LogP contribution in [0.25, 0.3) is 0 Å². The lowest BCUT2D eigenvalue weighted by Gasteiger charge is -2.22. The quantitative estimate of drug-likeness (QED) is 0.316. The van der Waals surface area contributed by atoms with Crippen molar-refractivity contribution < 1.29 is 4.92 Å². The molecule has 0 radical (unpaired) electrons. The van der Waals surface area contributed by atoms with Gasteiger partial charge in [-0.1, -0.05) is 6.08 Å². The van der Waals surface area contributed by atoms with E-state index in [1.807, 2.05) is 0 Å². The van der Waals surface area contributed by atoms with Crippen LogP contribution in [-0.2, 0) is 0 Å². The molecule has 66 valence electrons. The summed E-state index contributed by atoms with van der Waals surface area (Å²) in [6, 6.07) is 0. The molecule has 12 heavy (non-hydrogen) atoms. The smallest absolute Gasteiger partial charge is 0.318 e. The summed E-state index contributed by atoms with van der Waals surface area (Å²) in [4.78, 5) is 9.87. The van der Waals surface area contributed by atoms with Gasteiger partial charge in [0, 0.05) is 6.08 Å². The molecule has 0 bridgehead atoms. The van der Waals surface area contributed by atoms with Gasteiger partial charge in [-0.3, -0.25) is 5.32 Å². The first kappa shape index (κ1) is 9.21. The van der Waals surface area contributed by atoms with Crippen molar-refractivity contribution in [2.24, 2.45) is 0 Å². The average Bonchev–Trinajstić information content (AvgIpc) is 2.05. The molecule has 0 fully saturated rings. The van der Waals surface area contributed by atoms with Crippen molar-refractivity contribution in [2.45, 2.75) is 4.57 Å². The third-order valence-electron chi connectivity index (χ3n) is 1.45. The van der Waals surface area contributed by atoms with Crippen molar-refractivity contribution in [3.8, 4) is 0 Å². The monoisotopic (exact) mass is 233 g/mol. The number of nitrogens with one attached hydrogen (secondary N) is 2. The number of nitro groups is 1. The molecule has 0 amide bonds. The van der Waals surface area contributed by atoms with Crippen LogP contribution in [0.5, 0.6) is 0 Å². The number of alkyl halides is 1. The van der Waals surface area contributed by atoms with Crippen LogP contribution in [-0.4, -0.2) is 16.5 Å². The highest BCUT2D eigenvalue weighted by Crippen LogP contribution is 2.17. The van der Waals surface area contributed by atoms with Crippen LogP contribution in [0.1, 0.15) is 0 Å². The van der Waals surface area contributed by atoms with E-state index in [0.29, 0.717) is 0 Å². The molecule has 6 heteroatoms. The van der Waals surface area contributed by atoms with Crippen LogP contribution in [0.3, 0.4) is 0 Å². The van der Waals surface area contributed by atoms with Crippen LogP contribution in [0.4, 0.5) is 0 Å². The first-order valence-electron chi connectivity index (χ1n) is 3.27. The number of rotatable bonds is 2. The molecular weight excluding hydrogens is 226 g/mol. The fourth-order valence-corrected chi connectivity index (χ4v) is 1.15. The van der Waals surface area contributed by atoms with Crippen molar-refractivity contribution in [1.29, 1.82) is 0 Å². The molecule has 2 N–H and O–H groups in total. The maximum Gasteiger partial charge on any atom is 0.318 e. The van der Waals surface area contributed by atoms with Crippen molar-refractivity contribution >= 4 is 15.9 Å². The van der Waals surface area contributed by atoms with E-state index >= 15 is 0 Å². The van der Waals surface area contributed by atoms with Gasteiger partial charge in [-0.05, 0) is 34.0 Å². The van der Waals surface area contributed by atoms with Crippen molar-refractivity contribution in [2.75, 3.05) is 7.05 Å². The molecule has 1 heterocycles. The van der Waals surface area contributed by atoms with Crippen molar-refractivity contribution in [3.05, 3.63) is 34.2 Å². The number of nitrogens with zero attached hydrogens (tertiary/aromatic N) is 1. The van der Waals surface area contributed by atoms with Gasteiger partial charge in [-0.2, -0.15) is 0 Å².